The van der Waals surface area contributed by atoms with Crippen molar-refractivity contribution in [1.29, 1.82) is 0 Å². The number of aliphatic hydroxyl groups is 1. The summed E-state index contributed by atoms with van der Waals surface area (Å²) in [7, 11) is 0. The van der Waals surface area contributed by atoms with Gasteiger partial charge in [0.1, 0.15) is 18.7 Å². The molecule has 11 nitrogen and oxygen atoms in total. The number of imidazole rings is 1. The van der Waals surface area contributed by atoms with E-state index in [1.807, 2.05) is 62.4 Å². The first-order valence-electron chi connectivity index (χ1n) is 17.8. The molecule has 52 heavy (non-hydrogen) atoms. The van der Waals surface area contributed by atoms with Crippen LogP contribution in [-0.4, -0.2) is 63.0 Å². The van der Waals surface area contributed by atoms with Crippen LogP contribution in [0.15, 0.2) is 116 Å². The second kappa shape index (κ2) is 18.4. The predicted octanol–water partition coefficient (Wildman–Crippen LogP) is 5.29. The highest BCUT2D eigenvalue weighted by Crippen LogP contribution is 2.21. The first-order chi connectivity index (χ1) is 25.6. The van der Waals surface area contributed by atoms with Gasteiger partial charge in [0.2, 0.25) is 11.8 Å². The van der Waals surface area contributed by atoms with Crippen molar-refractivity contribution in [3.8, 4) is 0 Å². The van der Waals surface area contributed by atoms with E-state index >= 15 is 0 Å². The fraction of sp³-hybridized carbons (Fsp3) is 0.293. The Bertz CT molecular complexity index is 1950. The fourth-order valence-corrected chi connectivity index (χ4v) is 6.03. The van der Waals surface area contributed by atoms with Crippen LogP contribution in [0.1, 0.15) is 53.9 Å². The topological polar surface area (TPSA) is 163 Å². The number of nitrogens with zero attached hydrogens (tertiary/aromatic N) is 1. The zero-order valence-corrected chi connectivity index (χ0v) is 29.3. The number of ketones is 1. The quantitative estimate of drug-likeness (QED) is 0.0822. The van der Waals surface area contributed by atoms with Crippen LogP contribution in [0.2, 0.25) is 1.41 Å². The molecule has 0 aliphatic heterocycles. The van der Waals surface area contributed by atoms with Gasteiger partial charge in [0.25, 0.3) is 0 Å². The number of carbonyl (C=O) groups excluding carboxylic acids is 4. The van der Waals surface area contributed by atoms with Gasteiger partial charge < -0.3 is 30.8 Å². The molecule has 0 bridgehead atoms. The molecule has 0 aliphatic rings. The number of aliphatic hydroxyl groups excluding tert-OH is 1. The van der Waals surface area contributed by atoms with E-state index in [1.165, 1.54) is 12.5 Å². The molecule has 5 N–H and O–H groups in total. The van der Waals surface area contributed by atoms with Crippen molar-refractivity contribution in [2.75, 3.05) is 0 Å². The lowest BCUT2D eigenvalue weighted by Crippen LogP contribution is -2.57. The van der Waals surface area contributed by atoms with E-state index < -0.39 is 42.1 Å². The minimum atomic E-state index is -1.40. The van der Waals surface area contributed by atoms with E-state index in [4.69, 9.17) is 6.15 Å². The molecule has 4 aromatic carbocycles. The average molecular weight is 705 g/mol. The second-order valence-corrected chi connectivity index (χ2v) is 13.2. The monoisotopic (exact) mass is 704 g/mol. The van der Waals surface area contributed by atoms with Gasteiger partial charge in [-0.3, -0.25) is 14.4 Å². The summed E-state index contributed by atoms with van der Waals surface area (Å²) in [6.45, 7) is 3.77. The molecule has 5 aromatic rings. The van der Waals surface area contributed by atoms with E-state index in [1.54, 1.807) is 54.6 Å². The van der Waals surface area contributed by atoms with Crippen molar-refractivity contribution in [1.82, 2.24) is 25.9 Å². The van der Waals surface area contributed by atoms with Crippen LogP contribution in [0, 0.1) is 5.92 Å². The first kappa shape index (κ1) is 36.0. The third kappa shape index (κ3) is 10.8. The normalized spacial score (nSPS) is 13.7. The Kier molecular flexibility index (Phi) is 12.8. The van der Waals surface area contributed by atoms with Crippen molar-refractivity contribution in [3.63, 3.8) is 0 Å². The molecule has 0 spiro atoms. The van der Waals surface area contributed by atoms with Gasteiger partial charge in [-0.25, -0.2) is 9.78 Å². The van der Waals surface area contributed by atoms with Gasteiger partial charge >= 0.3 is 6.09 Å². The highest BCUT2D eigenvalue weighted by Gasteiger charge is 2.32. The summed E-state index contributed by atoms with van der Waals surface area (Å²) in [5.41, 5.74) is 2.42. The molecule has 5 rings (SSSR count). The van der Waals surface area contributed by atoms with Crippen LogP contribution >= 0.6 is 0 Å². The van der Waals surface area contributed by atoms with Gasteiger partial charge in [-0.15, -0.1) is 0 Å². The lowest BCUT2D eigenvalue weighted by atomic mass is 9.94. The van der Waals surface area contributed by atoms with E-state index in [9.17, 15) is 24.3 Å². The molecule has 0 saturated heterocycles. The number of Topliss-reactive ketones (excluding diaryl/α,β-unsaturated/α-hetero) is 1. The number of fused-ring (bicyclic) bond motifs is 1. The maximum absolute atomic E-state index is 14.3. The molecule has 0 unspecified atom stereocenters. The Morgan fingerprint density at radius 1 is 0.827 bits per heavy atom. The summed E-state index contributed by atoms with van der Waals surface area (Å²) in [6.07, 6.45) is 0.810. The predicted molar refractivity (Wildman–Crippen MR) is 198 cm³/mol. The van der Waals surface area contributed by atoms with Gasteiger partial charge in [-0.2, -0.15) is 0 Å². The third-order valence-electron chi connectivity index (χ3n) is 8.68. The highest BCUT2D eigenvalue weighted by molar-refractivity contribution is 5.96. The number of nitrogens with one attached hydrogen (secondary N) is 4. The summed E-state index contributed by atoms with van der Waals surface area (Å²) in [4.78, 5) is 61.6. The van der Waals surface area contributed by atoms with E-state index in [-0.39, 0.29) is 37.6 Å². The van der Waals surface area contributed by atoms with Crippen LogP contribution in [0.3, 0.4) is 0 Å². The first-order valence-corrected chi connectivity index (χ1v) is 17.4. The number of aromatic nitrogens is 2. The summed E-state index contributed by atoms with van der Waals surface area (Å²) in [5, 5.41) is 19.2. The zero-order valence-electron chi connectivity index (χ0n) is 30.3. The zero-order chi connectivity index (χ0) is 37.7. The SMILES string of the molecule is [2H]N(C(=O)OCc1ccccc1)[C@@H](Cc1cccc2ccccc12)C(=O)N[C@@H](Cc1cnc[nH]1)C(=O)N[C@@H](CC(C)C)[C@@H](O)CC(=O)c1ccccc1. The van der Waals surface area contributed by atoms with E-state index in [0.717, 1.165) is 10.8 Å². The number of aromatic amines is 1. The van der Waals surface area contributed by atoms with Crippen LogP contribution < -0.4 is 15.9 Å². The number of H-pyrrole nitrogens is 1. The number of rotatable bonds is 17. The maximum atomic E-state index is 14.3. The summed E-state index contributed by atoms with van der Waals surface area (Å²) in [5.74, 6) is -1.60. The maximum Gasteiger partial charge on any atom is 0.408 e. The number of carbonyl (C=O) groups is 4. The van der Waals surface area contributed by atoms with Crippen LogP contribution in [0.5, 0.6) is 0 Å². The average Bonchev–Trinajstić information content (AvgIpc) is 3.69. The Morgan fingerprint density at radius 3 is 2.21 bits per heavy atom. The van der Waals surface area contributed by atoms with Crippen molar-refractivity contribution < 1.29 is 30.4 Å². The van der Waals surface area contributed by atoms with Crippen LogP contribution in [-0.2, 0) is 33.8 Å². The van der Waals surface area contributed by atoms with Gasteiger partial charge in [-0.1, -0.05) is 117 Å². The largest absolute Gasteiger partial charge is 0.445 e. The van der Waals surface area contributed by atoms with Gasteiger partial charge in [0.15, 0.2) is 7.20 Å². The van der Waals surface area contributed by atoms with Gasteiger partial charge in [0, 0.05) is 36.7 Å². The number of alkyl carbamates (subject to hydrolysis) is 1. The Morgan fingerprint density at radius 2 is 1.50 bits per heavy atom. The van der Waals surface area contributed by atoms with Gasteiger partial charge in [-0.05, 0) is 34.2 Å². The lowest BCUT2D eigenvalue weighted by molar-refractivity contribution is -0.130. The molecular formula is C41H45N5O6. The van der Waals surface area contributed by atoms with Crippen molar-refractivity contribution in [3.05, 3.63) is 138 Å². The minimum absolute atomic E-state index is 0.0115. The highest BCUT2D eigenvalue weighted by atomic mass is 16.5. The lowest BCUT2D eigenvalue weighted by Gasteiger charge is -2.29. The third-order valence-corrected chi connectivity index (χ3v) is 8.68. The molecule has 4 atom stereocenters. The molecule has 3 amide bonds. The standard InChI is InChI=1S/C41H45N5O6/c1-27(2)20-34(38(48)23-37(47)30-15-7-4-8-16-30)44-40(50)36(22-32-24-42-26-43-32)45-39(49)35(46-41(51)52-25-28-12-5-3-6-13-28)21-31-18-11-17-29-14-9-10-19-33(29)31/h3-19,24,26-27,34-36,38,48H,20-23,25H2,1-2H3,(H,42,43)(H,44,50)(H,45,49)(H,46,51)/t34-,35-,36-,38-/m0/s1/i/hD. The molecule has 0 saturated carbocycles. The number of amides is 3. The Hall–Kier alpha value is -5.81. The fourth-order valence-electron chi connectivity index (χ4n) is 6.03. The molecule has 0 radical (unpaired) electrons. The van der Waals surface area contributed by atoms with Gasteiger partial charge in [0.05, 0.1) is 18.5 Å². The number of hydrogen-bond donors (Lipinski definition) is 5. The van der Waals surface area contributed by atoms with E-state index in [2.05, 4.69) is 20.6 Å². The number of hydrogen-bond acceptors (Lipinski definition) is 7. The Labute approximate surface area is 304 Å². The Balaban J connectivity index is 1.39. The molecule has 1 heterocycles. The van der Waals surface area contributed by atoms with Crippen LogP contribution in [0.25, 0.3) is 10.8 Å². The summed E-state index contributed by atoms with van der Waals surface area (Å²) >= 11 is 0. The number of ether oxygens (including phenoxy) is 1. The molecule has 0 fully saturated rings. The molecule has 11 heteroatoms. The minimum Gasteiger partial charge on any atom is -0.445 e. The smallest absolute Gasteiger partial charge is 0.408 e. The second-order valence-electron chi connectivity index (χ2n) is 13.2. The molecular weight excluding hydrogens is 658 g/mol. The number of benzene rings is 4. The molecule has 1 aromatic heterocycles. The van der Waals surface area contributed by atoms with Crippen molar-refractivity contribution in [2.24, 2.45) is 5.92 Å². The summed E-state index contributed by atoms with van der Waals surface area (Å²) < 4.78 is 14.3. The molecule has 0 aliphatic carbocycles. The van der Waals surface area contributed by atoms with Crippen molar-refractivity contribution >= 4 is 34.5 Å². The van der Waals surface area contributed by atoms with Crippen LogP contribution in [0.4, 0.5) is 4.79 Å². The van der Waals surface area contributed by atoms with E-state index in [0.29, 0.717) is 34.1 Å². The summed E-state index contributed by atoms with van der Waals surface area (Å²) in [6, 6.07) is 27.4. The molecule has 270 valence electrons. The van der Waals surface area contributed by atoms with Crippen molar-refractivity contribution in [2.45, 2.75) is 70.4 Å².